The lowest BCUT2D eigenvalue weighted by atomic mass is 10.1. The first kappa shape index (κ1) is 8.43. The number of aromatic hydroxyl groups is 1. The Bertz CT molecular complexity index is 447. The molecule has 0 aliphatic rings. The second kappa shape index (κ2) is 3.29. The summed E-state index contributed by atoms with van der Waals surface area (Å²) in [6.45, 7) is 0. The van der Waals surface area contributed by atoms with Crippen LogP contribution >= 0.6 is 0 Å². The smallest absolute Gasteiger partial charge is 0.415 e. The molecule has 5 nitrogen and oxygen atoms in total. The van der Waals surface area contributed by atoms with E-state index in [0.29, 0.717) is 17.0 Å². The van der Waals surface area contributed by atoms with Crippen LogP contribution in [0.3, 0.4) is 0 Å². The Kier molecular flexibility index (Phi) is 1.98. The first-order valence-corrected chi connectivity index (χ1v) is 3.88. The average molecular weight is 190 g/mol. The molecule has 0 spiro atoms. The summed E-state index contributed by atoms with van der Waals surface area (Å²) in [5.74, 6) is 0.292. The van der Waals surface area contributed by atoms with Crippen LogP contribution < -0.4 is 0 Å². The lowest BCUT2D eigenvalue weighted by Gasteiger charge is -1.93. The number of carbonyl (C=O) groups excluding carboxylic acids is 1. The first-order valence-electron chi connectivity index (χ1n) is 3.88. The van der Waals surface area contributed by atoms with E-state index in [1.807, 2.05) is 0 Å². The average Bonchev–Trinajstić information content (AvgIpc) is 2.65. The molecule has 0 unspecified atom stereocenters. The molecule has 70 valence electrons. The highest BCUT2D eigenvalue weighted by Crippen LogP contribution is 2.17. The Morgan fingerprint density at radius 1 is 1.29 bits per heavy atom. The molecule has 0 saturated heterocycles. The summed E-state index contributed by atoms with van der Waals surface area (Å²) in [5, 5.41) is 12.3. The predicted octanol–water partition coefficient (Wildman–Crippen LogP) is 1.25. The summed E-state index contributed by atoms with van der Waals surface area (Å²) in [6.07, 6.45) is 0.275. The van der Waals surface area contributed by atoms with Crippen LogP contribution in [-0.4, -0.2) is 21.5 Å². The molecular formula is C9H6N2O3. The zero-order valence-corrected chi connectivity index (χ0v) is 7.04. The van der Waals surface area contributed by atoms with Gasteiger partial charge in [-0.3, -0.25) is 9.32 Å². The lowest BCUT2D eigenvalue weighted by Crippen LogP contribution is -1.82. The number of aromatic nitrogens is 2. The van der Waals surface area contributed by atoms with Crippen molar-refractivity contribution in [3.63, 3.8) is 0 Å². The fourth-order valence-electron chi connectivity index (χ4n) is 1.04. The molecule has 1 aromatic heterocycles. The maximum Gasteiger partial charge on any atom is 0.415 e. The van der Waals surface area contributed by atoms with Crippen molar-refractivity contribution < 1.29 is 14.4 Å². The van der Waals surface area contributed by atoms with Crippen molar-refractivity contribution in [3.8, 4) is 17.5 Å². The van der Waals surface area contributed by atoms with Gasteiger partial charge in [0, 0.05) is 11.1 Å². The maximum absolute atomic E-state index is 10.4. The van der Waals surface area contributed by atoms with Crippen molar-refractivity contribution in [2.45, 2.75) is 0 Å². The predicted molar refractivity (Wildman–Crippen MR) is 46.8 cm³/mol. The molecule has 0 saturated carbocycles. The van der Waals surface area contributed by atoms with Crippen LogP contribution in [-0.2, 0) is 0 Å². The molecule has 0 aliphatic carbocycles. The highest BCUT2D eigenvalue weighted by atomic mass is 16.6. The molecule has 1 aromatic carbocycles. The fourth-order valence-corrected chi connectivity index (χ4v) is 1.04. The van der Waals surface area contributed by atoms with Crippen molar-refractivity contribution >= 4 is 6.29 Å². The van der Waals surface area contributed by atoms with Gasteiger partial charge in [-0.25, -0.2) is 0 Å². The quantitative estimate of drug-likeness (QED) is 0.721. The van der Waals surface area contributed by atoms with E-state index >= 15 is 0 Å². The molecule has 2 aromatic rings. The number of nitrogens with zero attached hydrogens (tertiary/aromatic N) is 2. The van der Waals surface area contributed by atoms with Gasteiger partial charge in [-0.1, -0.05) is 29.4 Å². The molecule has 0 fully saturated rings. The molecule has 0 bridgehead atoms. The van der Waals surface area contributed by atoms with E-state index in [0.717, 1.165) is 6.29 Å². The van der Waals surface area contributed by atoms with Gasteiger partial charge in [-0.2, -0.15) is 4.98 Å². The van der Waals surface area contributed by atoms with Gasteiger partial charge in [-0.15, -0.1) is 0 Å². The molecule has 1 heterocycles. The number of rotatable bonds is 2. The highest BCUT2D eigenvalue weighted by molar-refractivity contribution is 5.76. The Labute approximate surface area is 79.0 Å². The van der Waals surface area contributed by atoms with Crippen LogP contribution in [0.25, 0.3) is 11.4 Å². The van der Waals surface area contributed by atoms with E-state index in [4.69, 9.17) is 5.11 Å². The van der Waals surface area contributed by atoms with Crippen molar-refractivity contribution in [2.24, 2.45) is 0 Å². The highest BCUT2D eigenvalue weighted by Gasteiger charge is 2.06. The first-order chi connectivity index (χ1) is 6.79. The third kappa shape index (κ3) is 1.47. The van der Waals surface area contributed by atoms with Crippen LogP contribution in [0.4, 0.5) is 0 Å². The molecule has 0 aliphatic heterocycles. The fraction of sp³-hybridized carbons (Fsp3) is 0. The summed E-state index contributed by atoms with van der Waals surface area (Å²) in [4.78, 5) is 14.0. The minimum Gasteiger partial charge on any atom is -0.464 e. The number of benzene rings is 1. The minimum absolute atomic E-state index is 0.292. The zero-order chi connectivity index (χ0) is 9.97. The summed E-state index contributed by atoms with van der Waals surface area (Å²) in [7, 11) is 0. The second-order valence-electron chi connectivity index (χ2n) is 2.64. The van der Waals surface area contributed by atoms with Gasteiger partial charge in [-0.05, 0) is 0 Å². The van der Waals surface area contributed by atoms with E-state index in [1.54, 1.807) is 24.3 Å². The Morgan fingerprint density at radius 3 is 2.50 bits per heavy atom. The lowest BCUT2D eigenvalue weighted by molar-refractivity contribution is 0.112. The van der Waals surface area contributed by atoms with Crippen LogP contribution in [0.15, 0.2) is 28.8 Å². The maximum atomic E-state index is 10.4. The number of aldehydes is 1. The SMILES string of the molecule is O=Cc1ccc(-c2noc(O)n2)cc1. The van der Waals surface area contributed by atoms with E-state index in [9.17, 15) is 4.79 Å². The topological polar surface area (TPSA) is 76.2 Å². The largest absolute Gasteiger partial charge is 0.464 e. The summed E-state index contributed by atoms with van der Waals surface area (Å²) >= 11 is 0. The van der Waals surface area contributed by atoms with Crippen LogP contribution in [0.5, 0.6) is 6.08 Å². The van der Waals surface area contributed by atoms with Gasteiger partial charge in [0.25, 0.3) is 0 Å². The third-order valence-corrected chi connectivity index (χ3v) is 1.72. The normalized spacial score (nSPS) is 10.0. The van der Waals surface area contributed by atoms with Crippen molar-refractivity contribution in [1.29, 1.82) is 0 Å². The molecule has 5 heteroatoms. The van der Waals surface area contributed by atoms with Gasteiger partial charge in [0.05, 0.1) is 0 Å². The molecule has 0 atom stereocenters. The van der Waals surface area contributed by atoms with Crippen molar-refractivity contribution in [2.75, 3.05) is 0 Å². The van der Waals surface area contributed by atoms with E-state index < -0.39 is 6.08 Å². The third-order valence-electron chi connectivity index (χ3n) is 1.72. The van der Waals surface area contributed by atoms with Crippen molar-refractivity contribution in [3.05, 3.63) is 29.8 Å². The Morgan fingerprint density at radius 2 is 2.00 bits per heavy atom. The van der Waals surface area contributed by atoms with E-state index in [2.05, 4.69) is 14.7 Å². The number of hydrogen-bond donors (Lipinski definition) is 1. The van der Waals surface area contributed by atoms with Gasteiger partial charge >= 0.3 is 6.08 Å². The number of hydrogen-bond acceptors (Lipinski definition) is 5. The standard InChI is InChI=1S/C9H6N2O3/c12-5-6-1-3-7(4-2-6)8-10-9(13)14-11-8/h1-5H,(H,10,11,13). The van der Waals surface area contributed by atoms with E-state index in [1.165, 1.54) is 0 Å². The molecular weight excluding hydrogens is 184 g/mol. The minimum atomic E-state index is -0.473. The van der Waals surface area contributed by atoms with Gasteiger partial charge in [0.2, 0.25) is 5.82 Å². The van der Waals surface area contributed by atoms with E-state index in [-0.39, 0.29) is 0 Å². The Balaban J connectivity index is 2.38. The van der Waals surface area contributed by atoms with Gasteiger partial charge < -0.3 is 5.11 Å². The molecule has 14 heavy (non-hydrogen) atoms. The molecule has 0 radical (unpaired) electrons. The number of carbonyl (C=O) groups is 1. The van der Waals surface area contributed by atoms with Gasteiger partial charge in [0.15, 0.2) is 0 Å². The summed E-state index contributed by atoms with van der Waals surface area (Å²) in [5.41, 5.74) is 1.25. The summed E-state index contributed by atoms with van der Waals surface area (Å²) in [6, 6.07) is 6.62. The summed E-state index contributed by atoms with van der Waals surface area (Å²) < 4.78 is 4.40. The Hall–Kier alpha value is -2.17. The zero-order valence-electron chi connectivity index (χ0n) is 7.04. The molecule has 2 rings (SSSR count). The van der Waals surface area contributed by atoms with Crippen LogP contribution in [0.1, 0.15) is 10.4 Å². The monoisotopic (exact) mass is 190 g/mol. The molecule has 1 N–H and O–H groups in total. The second-order valence-corrected chi connectivity index (χ2v) is 2.64. The molecule has 0 amide bonds. The van der Waals surface area contributed by atoms with Gasteiger partial charge in [0.1, 0.15) is 6.29 Å². The van der Waals surface area contributed by atoms with Crippen molar-refractivity contribution in [1.82, 2.24) is 10.1 Å². The van der Waals surface area contributed by atoms with Crippen LogP contribution in [0, 0.1) is 0 Å². The van der Waals surface area contributed by atoms with Crippen LogP contribution in [0.2, 0.25) is 0 Å².